The minimum absolute atomic E-state index is 0.534. The Morgan fingerprint density at radius 3 is 3.00 bits per heavy atom. The average Bonchev–Trinajstić information content (AvgIpc) is 3.28. The van der Waals surface area contributed by atoms with Crippen LogP contribution in [-0.2, 0) is 6.54 Å². The number of thiophene rings is 1. The first-order valence-corrected chi connectivity index (χ1v) is 9.38. The van der Waals surface area contributed by atoms with Crippen molar-refractivity contribution >= 4 is 11.3 Å². The highest BCUT2D eigenvalue weighted by Crippen LogP contribution is 2.35. The van der Waals surface area contributed by atoms with Gasteiger partial charge in [0.15, 0.2) is 0 Å². The summed E-state index contributed by atoms with van der Waals surface area (Å²) in [4.78, 5) is 8.73. The number of rotatable bonds is 4. The van der Waals surface area contributed by atoms with Gasteiger partial charge in [-0.15, -0.1) is 11.3 Å². The molecule has 0 N–H and O–H groups in total. The zero-order chi connectivity index (χ0) is 16.5. The molecule has 4 heteroatoms. The van der Waals surface area contributed by atoms with E-state index in [2.05, 4.69) is 54.5 Å². The normalized spacial score (nSPS) is 18.3. The molecule has 1 aromatic carbocycles. The SMILES string of the molecule is Cc1ccc(-c2nc(CN3CCC[C@@H]3c3cccs3)co2)c(C)c1. The van der Waals surface area contributed by atoms with Crippen LogP contribution in [0.3, 0.4) is 0 Å². The van der Waals surface area contributed by atoms with Crippen molar-refractivity contribution in [3.63, 3.8) is 0 Å². The molecule has 1 aliphatic heterocycles. The zero-order valence-corrected chi connectivity index (χ0v) is 15.0. The van der Waals surface area contributed by atoms with Gasteiger partial charge in [0.2, 0.25) is 5.89 Å². The van der Waals surface area contributed by atoms with Gasteiger partial charge in [-0.3, -0.25) is 4.90 Å². The molecule has 0 radical (unpaired) electrons. The van der Waals surface area contributed by atoms with Crippen molar-refractivity contribution in [2.45, 2.75) is 39.3 Å². The van der Waals surface area contributed by atoms with Gasteiger partial charge < -0.3 is 4.42 Å². The highest BCUT2D eigenvalue weighted by molar-refractivity contribution is 7.10. The first kappa shape index (κ1) is 15.6. The van der Waals surface area contributed by atoms with E-state index in [-0.39, 0.29) is 0 Å². The number of nitrogens with zero attached hydrogens (tertiary/aromatic N) is 2. The van der Waals surface area contributed by atoms with Gasteiger partial charge in [0.1, 0.15) is 6.26 Å². The number of oxazole rings is 1. The molecule has 0 bridgehead atoms. The molecule has 3 nitrogen and oxygen atoms in total. The lowest BCUT2D eigenvalue weighted by Crippen LogP contribution is -2.22. The van der Waals surface area contributed by atoms with E-state index in [4.69, 9.17) is 9.40 Å². The Kier molecular flexibility index (Phi) is 4.25. The quantitative estimate of drug-likeness (QED) is 0.641. The summed E-state index contributed by atoms with van der Waals surface area (Å²) in [5, 5.41) is 2.17. The van der Waals surface area contributed by atoms with Crippen LogP contribution >= 0.6 is 11.3 Å². The highest BCUT2D eigenvalue weighted by Gasteiger charge is 2.27. The van der Waals surface area contributed by atoms with Crippen LogP contribution in [0.4, 0.5) is 0 Å². The van der Waals surface area contributed by atoms with Crippen LogP contribution in [-0.4, -0.2) is 16.4 Å². The molecular weight excluding hydrogens is 316 g/mol. The maximum absolute atomic E-state index is 5.77. The van der Waals surface area contributed by atoms with Crippen molar-refractivity contribution in [1.29, 1.82) is 0 Å². The first-order chi connectivity index (χ1) is 11.7. The van der Waals surface area contributed by atoms with Gasteiger partial charge >= 0.3 is 0 Å². The summed E-state index contributed by atoms with van der Waals surface area (Å²) in [6.07, 6.45) is 4.31. The van der Waals surface area contributed by atoms with E-state index in [1.54, 1.807) is 0 Å². The maximum Gasteiger partial charge on any atom is 0.226 e. The Morgan fingerprint density at radius 2 is 2.21 bits per heavy atom. The third kappa shape index (κ3) is 3.04. The second-order valence-corrected chi connectivity index (χ2v) is 7.59. The minimum atomic E-state index is 0.534. The Bertz CT molecular complexity index is 822. The van der Waals surface area contributed by atoms with Crippen molar-refractivity contribution in [3.05, 3.63) is 63.7 Å². The summed E-state index contributed by atoms with van der Waals surface area (Å²) in [7, 11) is 0. The summed E-state index contributed by atoms with van der Waals surface area (Å²) in [5.74, 6) is 0.731. The summed E-state index contributed by atoms with van der Waals surface area (Å²) in [6, 6.07) is 11.3. The average molecular weight is 338 g/mol. The number of aromatic nitrogens is 1. The third-order valence-electron chi connectivity index (χ3n) is 4.76. The molecule has 1 atom stereocenters. The molecule has 0 saturated carbocycles. The predicted molar refractivity (Wildman–Crippen MR) is 98.1 cm³/mol. The molecule has 1 saturated heterocycles. The molecule has 0 unspecified atom stereocenters. The molecule has 2 aromatic heterocycles. The third-order valence-corrected chi connectivity index (χ3v) is 5.74. The van der Waals surface area contributed by atoms with E-state index in [0.29, 0.717) is 6.04 Å². The van der Waals surface area contributed by atoms with E-state index in [1.807, 2.05) is 17.6 Å². The maximum atomic E-state index is 5.77. The second-order valence-electron chi connectivity index (χ2n) is 6.61. The molecule has 1 aliphatic rings. The van der Waals surface area contributed by atoms with Crippen molar-refractivity contribution in [1.82, 2.24) is 9.88 Å². The Labute approximate surface area is 147 Å². The molecule has 0 spiro atoms. The van der Waals surface area contributed by atoms with Crippen LogP contribution in [0.5, 0.6) is 0 Å². The monoisotopic (exact) mass is 338 g/mol. The van der Waals surface area contributed by atoms with E-state index in [0.717, 1.165) is 30.2 Å². The summed E-state index contributed by atoms with van der Waals surface area (Å²) in [6.45, 7) is 6.21. The lowest BCUT2D eigenvalue weighted by atomic mass is 10.1. The Balaban J connectivity index is 1.53. The topological polar surface area (TPSA) is 29.3 Å². The number of hydrogen-bond donors (Lipinski definition) is 0. The van der Waals surface area contributed by atoms with Gasteiger partial charge in [-0.25, -0.2) is 4.98 Å². The lowest BCUT2D eigenvalue weighted by Gasteiger charge is -2.22. The fourth-order valence-electron chi connectivity index (χ4n) is 3.58. The Morgan fingerprint density at radius 1 is 1.29 bits per heavy atom. The van der Waals surface area contributed by atoms with Crippen molar-refractivity contribution < 1.29 is 4.42 Å². The van der Waals surface area contributed by atoms with E-state index < -0.39 is 0 Å². The van der Waals surface area contributed by atoms with Gasteiger partial charge in [-0.2, -0.15) is 0 Å². The van der Waals surface area contributed by atoms with Gasteiger partial charge in [-0.05, 0) is 56.3 Å². The van der Waals surface area contributed by atoms with Crippen LogP contribution in [0.2, 0.25) is 0 Å². The van der Waals surface area contributed by atoms with Crippen LogP contribution in [0.1, 0.15) is 40.6 Å². The number of aryl methyl sites for hydroxylation is 2. The van der Waals surface area contributed by atoms with E-state index in [1.165, 1.54) is 28.8 Å². The van der Waals surface area contributed by atoms with Gasteiger partial charge in [-0.1, -0.05) is 23.8 Å². The standard InChI is InChI=1S/C20H22N2OS/c1-14-7-8-17(15(2)11-14)20-21-16(13-23-20)12-22-9-3-5-18(22)19-6-4-10-24-19/h4,6-8,10-11,13,18H,3,5,9,12H2,1-2H3/t18-/m1/s1. The molecule has 4 rings (SSSR count). The van der Waals surface area contributed by atoms with Crippen LogP contribution in [0.25, 0.3) is 11.5 Å². The van der Waals surface area contributed by atoms with Crippen molar-refractivity contribution in [2.24, 2.45) is 0 Å². The van der Waals surface area contributed by atoms with Gasteiger partial charge in [0.05, 0.1) is 5.69 Å². The van der Waals surface area contributed by atoms with Crippen LogP contribution in [0, 0.1) is 13.8 Å². The molecular formula is C20H22N2OS. The largest absolute Gasteiger partial charge is 0.444 e. The fraction of sp³-hybridized carbons (Fsp3) is 0.350. The van der Waals surface area contributed by atoms with Crippen molar-refractivity contribution in [2.75, 3.05) is 6.54 Å². The van der Waals surface area contributed by atoms with Gasteiger partial charge in [0, 0.05) is 23.0 Å². The number of benzene rings is 1. The summed E-state index contributed by atoms with van der Waals surface area (Å²) >= 11 is 1.85. The molecule has 1 fully saturated rings. The Hall–Kier alpha value is -1.91. The second kappa shape index (κ2) is 6.54. The summed E-state index contributed by atoms with van der Waals surface area (Å²) < 4.78 is 5.77. The number of likely N-dealkylation sites (tertiary alicyclic amines) is 1. The van der Waals surface area contributed by atoms with E-state index >= 15 is 0 Å². The van der Waals surface area contributed by atoms with Crippen molar-refractivity contribution in [3.8, 4) is 11.5 Å². The smallest absolute Gasteiger partial charge is 0.226 e. The van der Waals surface area contributed by atoms with Crippen LogP contribution < -0.4 is 0 Å². The lowest BCUT2D eigenvalue weighted by molar-refractivity contribution is 0.248. The molecule has 3 aromatic rings. The molecule has 0 amide bonds. The fourth-order valence-corrected chi connectivity index (χ4v) is 4.48. The molecule has 24 heavy (non-hydrogen) atoms. The molecule has 3 heterocycles. The highest BCUT2D eigenvalue weighted by atomic mass is 32.1. The first-order valence-electron chi connectivity index (χ1n) is 8.50. The minimum Gasteiger partial charge on any atom is -0.444 e. The summed E-state index contributed by atoms with van der Waals surface area (Å²) in [5.41, 5.74) is 4.58. The van der Waals surface area contributed by atoms with Gasteiger partial charge in [0.25, 0.3) is 0 Å². The number of hydrogen-bond acceptors (Lipinski definition) is 4. The molecule has 0 aliphatic carbocycles. The van der Waals surface area contributed by atoms with E-state index in [9.17, 15) is 0 Å². The molecule has 124 valence electrons. The predicted octanol–water partition coefficient (Wildman–Crippen LogP) is 5.36. The van der Waals surface area contributed by atoms with Crippen LogP contribution in [0.15, 0.2) is 46.4 Å². The zero-order valence-electron chi connectivity index (χ0n) is 14.2.